The number of nitrogens with zero attached hydrogens (tertiary/aromatic N) is 3. The molecular weight excluding hydrogens is 466 g/mol. The molecule has 4 aliphatic rings. The summed E-state index contributed by atoms with van der Waals surface area (Å²) in [7, 11) is 0. The van der Waals surface area contributed by atoms with Crippen LogP contribution in [0.3, 0.4) is 0 Å². The van der Waals surface area contributed by atoms with Crippen molar-refractivity contribution in [3.8, 4) is 17.2 Å². The fourth-order valence-corrected chi connectivity index (χ4v) is 6.61. The Morgan fingerprint density at radius 1 is 1.05 bits per heavy atom. The molecule has 0 aliphatic carbocycles. The maximum Gasteiger partial charge on any atom is 0.256 e. The molecule has 7 rings (SSSR count). The van der Waals surface area contributed by atoms with Crippen LogP contribution in [0.1, 0.15) is 36.0 Å². The number of para-hydroxylation sites is 2. The first-order valence-corrected chi connectivity index (χ1v) is 13.7. The number of piperidine rings is 1. The van der Waals surface area contributed by atoms with Crippen LogP contribution in [0.5, 0.6) is 11.5 Å². The molecular formula is C29H33N5O3. The van der Waals surface area contributed by atoms with Crippen molar-refractivity contribution < 1.29 is 9.53 Å². The Kier molecular flexibility index (Phi) is 5.66. The lowest BCUT2D eigenvalue weighted by Gasteiger charge is -2.29. The Bertz CT molecular complexity index is 1410. The quantitative estimate of drug-likeness (QED) is 0.439. The third-order valence-corrected chi connectivity index (χ3v) is 8.53. The summed E-state index contributed by atoms with van der Waals surface area (Å²) in [6.07, 6.45) is 6.58. The smallest absolute Gasteiger partial charge is 0.256 e. The van der Waals surface area contributed by atoms with Gasteiger partial charge in [0.25, 0.3) is 5.91 Å². The lowest BCUT2D eigenvalue weighted by atomic mass is 9.94. The van der Waals surface area contributed by atoms with Gasteiger partial charge < -0.3 is 29.7 Å². The van der Waals surface area contributed by atoms with Crippen LogP contribution in [0.15, 0.2) is 47.4 Å². The van der Waals surface area contributed by atoms with Gasteiger partial charge in [0, 0.05) is 38.4 Å². The van der Waals surface area contributed by atoms with Gasteiger partial charge in [-0.2, -0.15) is 0 Å². The molecule has 3 saturated heterocycles. The maximum absolute atomic E-state index is 13.6. The number of likely N-dealkylation sites (tertiary alicyclic amines) is 1. The molecule has 0 radical (unpaired) electrons. The van der Waals surface area contributed by atoms with E-state index in [4.69, 9.17) is 4.74 Å². The predicted molar refractivity (Wildman–Crippen MR) is 144 cm³/mol. The van der Waals surface area contributed by atoms with Gasteiger partial charge in [-0.3, -0.25) is 9.59 Å². The topological polar surface area (TPSA) is 78.8 Å². The number of carbonyl (C=O) groups excluding carboxylic acids is 1. The minimum atomic E-state index is -0.320. The lowest BCUT2D eigenvalue weighted by Crippen LogP contribution is -2.40. The minimum absolute atomic E-state index is 0.167. The number of amides is 1. The first kappa shape index (κ1) is 22.8. The molecule has 0 saturated carbocycles. The molecule has 2 aromatic carbocycles. The van der Waals surface area contributed by atoms with Crippen molar-refractivity contribution in [2.45, 2.75) is 31.7 Å². The zero-order valence-electron chi connectivity index (χ0n) is 21.0. The van der Waals surface area contributed by atoms with Gasteiger partial charge in [0.1, 0.15) is 11.1 Å². The molecule has 3 aromatic rings. The highest BCUT2D eigenvalue weighted by Crippen LogP contribution is 2.46. The number of carbonyl (C=O) groups is 1. The number of aromatic nitrogens is 1. The molecule has 1 aromatic heterocycles. The number of fused-ring (bicyclic) bond motifs is 3. The number of ether oxygens (including phenoxy) is 1. The molecule has 0 spiro atoms. The van der Waals surface area contributed by atoms with Crippen LogP contribution < -0.4 is 25.7 Å². The van der Waals surface area contributed by atoms with E-state index in [1.54, 1.807) is 6.20 Å². The monoisotopic (exact) mass is 499 g/mol. The van der Waals surface area contributed by atoms with Crippen LogP contribution in [0.25, 0.3) is 16.6 Å². The van der Waals surface area contributed by atoms with Crippen molar-refractivity contribution in [2.24, 2.45) is 5.92 Å². The van der Waals surface area contributed by atoms with Crippen LogP contribution >= 0.6 is 0 Å². The molecule has 37 heavy (non-hydrogen) atoms. The van der Waals surface area contributed by atoms with E-state index in [1.807, 2.05) is 41.0 Å². The zero-order valence-corrected chi connectivity index (χ0v) is 21.0. The van der Waals surface area contributed by atoms with Crippen molar-refractivity contribution in [1.82, 2.24) is 20.1 Å². The lowest BCUT2D eigenvalue weighted by molar-refractivity contribution is 0.0948. The van der Waals surface area contributed by atoms with Gasteiger partial charge in [0.05, 0.1) is 16.8 Å². The minimum Gasteiger partial charge on any atom is -0.451 e. The predicted octanol–water partition coefficient (Wildman–Crippen LogP) is 3.11. The average Bonchev–Trinajstić information content (AvgIpc) is 3.60. The number of pyridine rings is 1. The normalized spacial score (nSPS) is 22.5. The molecule has 2 unspecified atom stereocenters. The number of rotatable bonds is 5. The third kappa shape index (κ3) is 3.90. The number of nitrogens with one attached hydrogen (secondary N) is 2. The van der Waals surface area contributed by atoms with E-state index >= 15 is 0 Å². The van der Waals surface area contributed by atoms with E-state index in [9.17, 15) is 9.59 Å². The fourth-order valence-electron chi connectivity index (χ4n) is 6.61. The van der Waals surface area contributed by atoms with Crippen molar-refractivity contribution in [1.29, 1.82) is 0 Å². The number of benzene rings is 2. The standard InChI is InChI=1S/C29H33N5O3/c35-27-20-9-10-24(33-16-19-6-5-11-30-22(19)18-33)28-26(20)34(23-7-1-2-8-25(23)37-28)17-21(27)29(36)31-12-15-32-13-3-4-14-32/h1-2,7-10,17,19,22,30H,3-6,11-16,18H2,(H,31,36). The van der Waals surface area contributed by atoms with Gasteiger partial charge in [0.2, 0.25) is 5.43 Å². The van der Waals surface area contributed by atoms with Crippen LogP contribution in [0, 0.1) is 5.92 Å². The second kappa shape index (κ2) is 9.19. The molecule has 2 N–H and O–H groups in total. The van der Waals surface area contributed by atoms with E-state index in [0.717, 1.165) is 61.9 Å². The van der Waals surface area contributed by atoms with Crippen LogP contribution in [0.2, 0.25) is 0 Å². The molecule has 8 heteroatoms. The molecule has 3 fully saturated rings. The largest absolute Gasteiger partial charge is 0.451 e. The molecule has 4 aliphatic heterocycles. The first-order chi connectivity index (χ1) is 18.2. The highest BCUT2D eigenvalue weighted by atomic mass is 16.5. The van der Waals surface area contributed by atoms with Gasteiger partial charge in [0.15, 0.2) is 11.5 Å². The van der Waals surface area contributed by atoms with Gasteiger partial charge >= 0.3 is 0 Å². The van der Waals surface area contributed by atoms with Gasteiger partial charge in [-0.15, -0.1) is 0 Å². The van der Waals surface area contributed by atoms with E-state index in [1.165, 1.54) is 25.7 Å². The fraction of sp³-hybridized carbons (Fsp3) is 0.448. The summed E-state index contributed by atoms with van der Waals surface area (Å²) in [5.41, 5.74) is 2.49. The highest BCUT2D eigenvalue weighted by Gasteiger charge is 2.37. The third-order valence-electron chi connectivity index (χ3n) is 8.53. The van der Waals surface area contributed by atoms with Crippen LogP contribution in [0.4, 0.5) is 5.69 Å². The van der Waals surface area contributed by atoms with Crippen molar-refractivity contribution in [3.63, 3.8) is 0 Å². The summed E-state index contributed by atoms with van der Waals surface area (Å²) in [5.74, 6) is 1.73. The zero-order chi connectivity index (χ0) is 24.9. The van der Waals surface area contributed by atoms with Gasteiger partial charge in [-0.05, 0) is 75.5 Å². The van der Waals surface area contributed by atoms with E-state index in [2.05, 4.69) is 20.4 Å². The SMILES string of the molecule is O=C(NCCN1CCCC1)c1cn2c3c(c(N4CC5CCCNC5C4)ccc3c1=O)Oc1ccccc1-2. The van der Waals surface area contributed by atoms with Gasteiger partial charge in [-0.25, -0.2) is 0 Å². The highest BCUT2D eigenvalue weighted by molar-refractivity contribution is 6.01. The van der Waals surface area contributed by atoms with Crippen molar-refractivity contribution in [2.75, 3.05) is 50.7 Å². The maximum atomic E-state index is 13.6. The van der Waals surface area contributed by atoms with Gasteiger partial charge in [-0.1, -0.05) is 12.1 Å². The summed E-state index contributed by atoms with van der Waals surface area (Å²) in [5, 5.41) is 7.17. The molecule has 1 amide bonds. The summed E-state index contributed by atoms with van der Waals surface area (Å²) in [4.78, 5) is 31.6. The number of hydrogen-bond acceptors (Lipinski definition) is 6. The molecule has 0 bridgehead atoms. The van der Waals surface area contributed by atoms with Crippen molar-refractivity contribution in [3.05, 3.63) is 58.4 Å². The Morgan fingerprint density at radius 2 is 1.92 bits per heavy atom. The van der Waals surface area contributed by atoms with Crippen molar-refractivity contribution >= 4 is 22.5 Å². The summed E-state index contributed by atoms with van der Waals surface area (Å²) in [6.45, 7) is 6.48. The number of hydrogen-bond donors (Lipinski definition) is 2. The van der Waals surface area contributed by atoms with E-state index in [-0.39, 0.29) is 16.9 Å². The summed E-state index contributed by atoms with van der Waals surface area (Å²) in [6, 6.07) is 12.2. The molecule has 8 nitrogen and oxygen atoms in total. The Morgan fingerprint density at radius 3 is 2.78 bits per heavy atom. The summed E-state index contributed by atoms with van der Waals surface area (Å²) >= 11 is 0. The Labute approximate surface area is 216 Å². The van der Waals surface area contributed by atoms with Crippen LogP contribution in [-0.4, -0.2) is 67.2 Å². The summed E-state index contributed by atoms with van der Waals surface area (Å²) < 4.78 is 8.47. The molecule has 192 valence electrons. The number of anilines is 1. The molecule has 2 atom stereocenters. The second-order valence-corrected chi connectivity index (χ2v) is 10.8. The van der Waals surface area contributed by atoms with E-state index < -0.39 is 0 Å². The Hall–Kier alpha value is -3.36. The Balaban J connectivity index is 1.28. The van der Waals surface area contributed by atoms with E-state index in [0.29, 0.717) is 29.6 Å². The second-order valence-electron chi connectivity index (χ2n) is 10.8. The average molecular weight is 500 g/mol. The van der Waals surface area contributed by atoms with Crippen LogP contribution in [-0.2, 0) is 0 Å². The first-order valence-electron chi connectivity index (χ1n) is 13.7. The molecule has 5 heterocycles.